The molecule has 1 N–H and O–H groups in total. The van der Waals surface area contributed by atoms with Crippen molar-refractivity contribution in [2.75, 3.05) is 38.8 Å². The van der Waals surface area contributed by atoms with Gasteiger partial charge in [-0.3, -0.25) is 10.2 Å². The molecule has 3 aromatic rings. The third-order valence-electron chi connectivity index (χ3n) is 8.38. The number of rotatable bonds is 7. The van der Waals surface area contributed by atoms with E-state index in [0.717, 1.165) is 54.1 Å². The number of ether oxygens (including phenoxy) is 2. The molecule has 1 fully saturated rings. The zero-order valence-electron chi connectivity index (χ0n) is 24.5. The van der Waals surface area contributed by atoms with Crippen LogP contribution in [0.3, 0.4) is 0 Å². The zero-order chi connectivity index (χ0) is 28.7. The molecule has 1 saturated heterocycles. The lowest BCUT2D eigenvalue weighted by molar-refractivity contribution is 0.0930. The monoisotopic (exact) mass is 540 g/mol. The molecule has 0 radical (unpaired) electrons. The number of nitrogens with zero attached hydrogens (tertiary/aromatic N) is 3. The molecule has 2 aliphatic rings. The van der Waals surface area contributed by atoms with Crippen molar-refractivity contribution < 1.29 is 14.3 Å². The summed E-state index contributed by atoms with van der Waals surface area (Å²) in [4.78, 5) is 23.1. The van der Waals surface area contributed by atoms with Gasteiger partial charge in [0.05, 0.1) is 32.0 Å². The molecular formula is C33H40N4O3. The van der Waals surface area contributed by atoms with Gasteiger partial charge in [-0.1, -0.05) is 51.1 Å². The van der Waals surface area contributed by atoms with Gasteiger partial charge in [0.25, 0.3) is 0 Å². The predicted octanol–water partition coefficient (Wildman–Crippen LogP) is 6.17. The Bertz CT molecular complexity index is 1420. The van der Waals surface area contributed by atoms with Crippen molar-refractivity contribution in [1.29, 1.82) is 5.41 Å². The molecular weight excluding hydrogens is 500 g/mol. The van der Waals surface area contributed by atoms with Gasteiger partial charge in [0.15, 0.2) is 5.78 Å². The molecule has 0 spiro atoms. The van der Waals surface area contributed by atoms with Crippen LogP contribution in [0.25, 0.3) is 0 Å². The minimum Gasteiger partial charge on any atom is -0.494 e. The maximum Gasteiger partial charge on any atom is 0.213 e. The fourth-order valence-electron chi connectivity index (χ4n) is 6.09. The number of anilines is 1. The maximum atomic E-state index is 14.2. The van der Waals surface area contributed by atoms with Crippen LogP contribution in [-0.4, -0.2) is 55.4 Å². The summed E-state index contributed by atoms with van der Waals surface area (Å²) < 4.78 is 11.4. The molecule has 0 amide bonds. The van der Waals surface area contributed by atoms with Gasteiger partial charge in [-0.05, 0) is 55.4 Å². The van der Waals surface area contributed by atoms with E-state index in [2.05, 4.69) is 37.6 Å². The Kier molecular flexibility index (Phi) is 7.34. The molecule has 1 unspecified atom stereocenters. The number of amidine groups is 1. The van der Waals surface area contributed by atoms with Crippen molar-refractivity contribution in [3.8, 4) is 11.6 Å². The second-order valence-electron chi connectivity index (χ2n) is 11.9. The minimum atomic E-state index is -0.738. The van der Waals surface area contributed by atoms with E-state index in [9.17, 15) is 4.79 Å². The van der Waals surface area contributed by atoms with Gasteiger partial charge < -0.3 is 19.3 Å². The van der Waals surface area contributed by atoms with E-state index in [1.165, 1.54) is 6.42 Å². The molecule has 210 valence electrons. The predicted molar refractivity (Wildman–Crippen MR) is 159 cm³/mol. The average molecular weight is 541 g/mol. The summed E-state index contributed by atoms with van der Waals surface area (Å²) in [5.41, 5.74) is 4.09. The molecule has 1 atom stereocenters. The summed E-state index contributed by atoms with van der Waals surface area (Å²) in [6.07, 6.45) is 3.47. The van der Waals surface area contributed by atoms with E-state index >= 15 is 0 Å². The van der Waals surface area contributed by atoms with Crippen LogP contribution in [0.2, 0.25) is 0 Å². The SMILES string of the molecule is COc1ccc2c(n1)C(=N)N(CC(=O)c1cc(N3CCCCC3)c(OC)c(C(C)(C)C)c1)C2(C)c1ccccc1. The van der Waals surface area contributed by atoms with Crippen molar-refractivity contribution in [3.63, 3.8) is 0 Å². The van der Waals surface area contributed by atoms with Gasteiger partial charge in [0.1, 0.15) is 17.3 Å². The van der Waals surface area contributed by atoms with Crippen LogP contribution in [0.1, 0.15) is 79.7 Å². The number of nitrogens with one attached hydrogen (secondary N) is 1. The number of hydrogen-bond acceptors (Lipinski definition) is 6. The van der Waals surface area contributed by atoms with Crippen LogP contribution >= 0.6 is 0 Å². The first-order valence-corrected chi connectivity index (χ1v) is 14.1. The largest absolute Gasteiger partial charge is 0.494 e. The number of benzene rings is 2. The molecule has 1 aromatic heterocycles. The number of ketones is 1. The summed E-state index contributed by atoms with van der Waals surface area (Å²) in [6.45, 7) is 10.5. The van der Waals surface area contributed by atoms with Crippen molar-refractivity contribution in [2.24, 2.45) is 0 Å². The van der Waals surface area contributed by atoms with Crippen LogP contribution in [0.15, 0.2) is 54.6 Å². The van der Waals surface area contributed by atoms with Crippen LogP contribution in [-0.2, 0) is 11.0 Å². The van der Waals surface area contributed by atoms with Gasteiger partial charge in [-0.2, -0.15) is 0 Å². The van der Waals surface area contributed by atoms with E-state index in [0.29, 0.717) is 17.1 Å². The van der Waals surface area contributed by atoms with Crippen LogP contribution < -0.4 is 14.4 Å². The van der Waals surface area contributed by atoms with Gasteiger partial charge in [0.2, 0.25) is 5.88 Å². The summed E-state index contributed by atoms with van der Waals surface area (Å²) in [5.74, 6) is 1.47. The van der Waals surface area contributed by atoms with Crippen LogP contribution in [0.4, 0.5) is 5.69 Å². The molecule has 0 saturated carbocycles. The van der Waals surface area contributed by atoms with Crippen molar-refractivity contribution >= 4 is 17.3 Å². The highest BCUT2D eigenvalue weighted by Crippen LogP contribution is 2.45. The number of hydrogen-bond donors (Lipinski definition) is 1. The zero-order valence-corrected chi connectivity index (χ0v) is 24.5. The highest BCUT2D eigenvalue weighted by atomic mass is 16.5. The Hall–Kier alpha value is -3.87. The molecule has 40 heavy (non-hydrogen) atoms. The Morgan fingerprint density at radius 1 is 1.00 bits per heavy atom. The molecule has 2 aliphatic heterocycles. The molecule has 0 aliphatic carbocycles. The number of fused-ring (bicyclic) bond motifs is 1. The summed E-state index contributed by atoms with van der Waals surface area (Å²) in [7, 11) is 3.29. The lowest BCUT2D eigenvalue weighted by atomic mass is 9.83. The molecule has 7 nitrogen and oxygen atoms in total. The quantitative estimate of drug-likeness (QED) is 0.361. The number of carbonyl (C=O) groups excluding carboxylic acids is 1. The van der Waals surface area contributed by atoms with Crippen molar-refractivity contribution in [3.05, 3.63) is 82.5 Å². The summed E-state index contributed by atoms with van der Waals surface area (Å²) >= 11 is 0. The smallest absolute Gasteiger partial charge is 0.213 e. The third kappa shape index (κ3) is 4.72. The number of aromatic nitrogens is 1. The summed E-state index contributed by atoms with van der Waals surface area (Å²) in [5, 5.41) is 9.16. The van der Waals surface area contributed by atoms with E-state index in [-0.39, 0.29) is 23.6 Å². The normalized spacial score (nSPS) is 19.0. The molecule has 0 bridgehead atoms. The standard InChI is InChI=1S/C33H40N4O3/c1-32(2,3)25-19-22(20-26(30(25)40-6)36-17-11-8-12-18-36)27(38)21-37-31(34)29-24(15-16-28(35-29)39-5)33(37,4)23-13-9-7-10-14-23/h7,9-10,13-16,19-20,34H,8,11-12,17-18,21H2,1-6H3. The van der Waals surface area contributed by atoms with Crippen molar-refractivity contribution in [1.82, 2.24) is 9.88 Å². The Balaban J connectivity index is 1.59. The van der Waals surface area contributed by atoms with Gasteiger partial charge in [-0.15, -0.1) is 0 Å². The van der Waals surface area contributed by atoms with Crippen LogP contribution in [0.5, 0.6) is 11.6 Å². The second-order valence-corrected chi connectivity index (χ2v) is 11.9. The highest BCUT2D eigenvalue weighted by molar-refractivity contribution is 6.06. The van der Waals surface area contributed by atoms with E-state index in [1.54, 1.807) is 14.2 Å². The van der Waals surface area contributed by atoms with Gasteiger partial charge >= 0.3 is 0 Å². The molecule has 7 heteroatoms. The lowest BCUT2D eigenvalue weighted by Gasteiger charge is -2.37. The topological polar surface area (TPSA) is 78.8 Å². The maximum absolute atomic E-state index is 14.2. The van der Waals surface area contributed by atoms with Gasteiger partial charge in [0, 0.05) is 35.8 Å². The molecule has 3 heterocycles. The number of piperidine rings is 1. The first-order chi connectivity index (χ1) is 19.1. The van der Waals surface area contributed by atoms with Gasteiger partial charge in [-0.25, -0.2) is 4.98 Å². The summed E-state index contributed by atoms with van der Waals surface area (Å²) in [6, 6.07) is 17.8. The first-order valence-electron chi connectivity index (χ1n) is 14.1. The molecule has 2 aromatic carbocycles. The minimum absolute atomic E-state index is 0.0399. The average Bonchev–Trinajstić information content (AvgIpc) is 3.18. The number of pyridine rings is 1. The first kappa shape index (κ1) is 27.7. The Morgan fingerprint density at radius 3 is 2.33 bits per heavy atom. The fourth-order valence-corrected chi connectivity index (χ4v) is 6.09. The Labute approximate surface area is 237 Å². The Morgan fingerprint density at radius 2 is 1.70 bits per heavy atom. The molecule has 5 rings (SSSR count). The second kappa shape index (κ2) is 10.6. The third-order valence-corrected chi connectivity index (χ3v) is 8.38. The highest BCUT2D eigenvalue weighted by Gasteiger charge is 2.47. The van der Waals surface area contributed by atoms with Crippen LogP contribution in [0, 0.1) is 5.41 Å². The fraction of sp³-hybridized carbons (Fsp3) is 0.424. The number of methoxy groups -OCH3 is 2. The number of carbonyl (C=O) groups is 1. The van der Waals surface area contributed by atoms with E-state index < -0.39 is 5.54 Å². The van der Waals surface area contributed by atoms with E-state index in [4.69, 9.17) is 14.9 Å². The van der Waals surface area contributed by atoms with Crippen molar-refractivity contribution in [2.45, 2.75) is 57.9 Å². The number of Topliss-reactive ketones (excluding diaryl/α,β-unsaturated/α-hetero) is 1. The van der Waals surface area contributed by atoms with E-state index in [1.807, 2.05) is 59.5 Å². The lowest BCUT2D eigenvalue weighted by Crippen LogP contribution is -2.45.